The van der Waals surface area contributed by atoms with E-state index in [1.54, 1.807) is 16.7 Å². The maximum Gasteiger partial charge on any atom is 0.249 e. The summed E-state index contributed by atoms with van der Waals surface area (Å²) < 4.78 is 1.06. The number of aromatic nitrogens is 1. The number of carbonyl (C=O) groups excluding carboxylic acids is 2. The Morgan fingerprint density at radius 2 is 2.30 bits per heavy atom. The minimum atomic E-state index is -0.395. The van der Waals surface area contributed by atoms with E-state index in [-0.39, 0.29) is 16.7 Å². The number of aryl methyl sites for hydroxylation is 1. The van der Waals surface area contributed by atoms with Crippen molar-refractivity contribution in [3.63, 3.8) is 0 Å². The van der Waals surface area contributed by atoms with Crippen molar-refractivity contribution in [3.8, 4) is 0 Å². The summed E-state index contributed by atoms with van der Waals surface area (Å²) in [5.41, 5.74) is 2.02. The van der Waals surface area contributed by atoms with Gasteiger partial charge in [0.15, 0.2) is 5.13 Å². The van der Waals surface area contributed by atoms with Crippen molar-refractivity contribution in [2.45, 2.75) is 37.6 Å². The molecule has 0 saturated carbocycles. The zero-order valence-corrected chi connectivity index (χ0v) is 14.6. The third-order valence-corrected chi connectivity index (χ3v) is 7.04. The number of rotatable bonds is 2. The maximum atomic E-state index is 12.7. The molecule has 2 saturated heterocycles. The average Bonchev–Trinajstić information content (AvgIpc) is 3.14. The number of nitrogens with one attached hydrogen (secondary N) is 1. The number of anilines is 1. The van der Waals surface area contributed by atoms with Gasteiger partial charge in [0, 0.05) is 12.2 Å². The molecule has 120 valence electrons. The molecule has 4 rings (SSSR count). The molecule has 23 heavy (non-hydrogen) atoms. The fourth-order valence-electron chi connectivity index (χ4n) is 3.34. The van der Waals surface area contributed by atoms with E-state index in [0.717, 1.165) is 22.2 Å². The van der Waals surface area contributed by atoms with Crippen LogP contribution in [-0.4, -0.2) is 38.4 Å². The summed E-state index contributed by atoms with van der Waals surface area (Å²) in [4.78, 5) is 30.9. The summed E-state index contributed by atoms with van der Waals surface area (Å²) >= 11 is 3.17. The molecule has 5 nitrogen and oxygen atoms in total. The minimum absolute atomic E-state index is 0.0813. The van der Waals surface area contributed by atoms with Crippen LogP contribution in [0.2, 0.25) is 0 Å². The fraction of sp³-hybridized carbons (Fsp3) is 0.438. The maximum absolute atomic E-state index is 12.7. The smallest absolute Gasteiger partial charge is 0.249 e. The van der Waals surface area contributed by atoms with E-state index in [0.29, 0.717) is 17.3 Å². The highest BCUT2D eigenvalue weighted by Crippen LogP contribution is 2.47. The second kappa shape index (κ2) is 5.21. The first-order chi connectivity index (χ1) is 11.0. The van der Waals surface area contributed by atoms with Crippen LogP contribution in [0.3, 0.4) is 0 Å². The van der Waals surface area contributed by atoms with Crippen molar-refractivity contribution >= 4 is 50.3 Å². The van der Waals surface area contributed by atoms with E-state index in [9.17, 15) is 9.59 Å². The Balaban J connectivity index is 1.58. The van der Waals surface area contributed by atoms with Crippen LogP contribution in [0.5, 0.6) is 0 Å². The Morgan fingerprint density at radius 1 is 1.48 bits per heavy atom. The summed E-state index contributed by atoms with van der Waals surface area (Å²) in [7, 11) is 0. The molecular formula is C16H17N3O2S2. The normalized spacial score (nSPS) is 26.8. The van der Waals surface area contributed by atoms with Crippen LogP contribution in [0.1, 0.15) is 25.3 Å². The van der Waals surface area contributed by atoms with Crippen molar-refractivity contribution < 1.29 is 9.59 Å². The van der Waals surface area contributed by atoms with Crippen LogP contribution >= 0.6 is 23.1 Å². The van der Waals surface area contributed by atoms with Crippen molar-refractivity contribution in [1.82, 2.24) is 9.88 Å². The van der Waals surface area contributed by atoms with E-state index in [1.807, 2.05) is 25.1 Å². The predicted molar refractivity (Wildman–Crippen MR) is 93.7 cm³/mol. The highest BCUT2D eigenvalue weighted by molar-refractivity contribution is 8.01. The quantitative estimate of drug-likeness (QED) is 0.907. The molecule has 2 fully saturated rings. The van der Waals surface area contributed by atoms with Gasteiger partial charge in [-0.15, -0.1) is 11.8 Å². The number of amides is 2. The molecule has 2 amide bonds. The van der Waals surface area contributed by atoms with Gasteiger partial charge in [-0.25, -0.2) is 4.98 Å². The SMILES string of the molecule is Cc1cccc2sc(NC(=O)[C@@H]3CS[C@@]4(C)CCC(=O)N34)nc12. The van der Waals surface area contributed by atoms with Gasteiger partial charge >= 0.3 is 0 Å². The molecule has 1 aromatic carbocycles. The summed E-state index contributed by atoms with van der Waals surface area (Å²) in [6.45, 7) is 4.06. The summed E-state index contributed by atoms with van der Waals surface area (Å²) in [6.07, 6.45) is 1.36. The van der Waals surface area contributed by atoms with Crippen molar-refractivity contribution in [1.29, 1.82) is 0 Å². The number of thioether (sulfide) groups is 1. The molecule has 2 atom stereocenters. The van der Waals surface area contributed by atoms with Crippen molar-refractivity contribution in [2.24, 2.45) is 0 Å². The third-order valence-electron chi connectivity index (χ3n) is 4.60. The van der Waals surface area contributed by atoms with Crippen LogP contribution in [-0.2, 0) is 9.59 Å². The lowest BCUT2D eigenvalue weighted by molar-refractivity contribution is -0.135. The summed E-state index contributed by atoms with van der Waals surface area (Å²) in [6, 6.07) is 5.61. The Bertz CT molecular complexity index is 819. The lowest BCUT2D eigenvalue weighted by Gasteiger charge is -2.29. The standard InChI is InChI=1S/C16H17N3O2S2/c1-9-4-3-5-11-13(9)17-15(23-11)18-14(21)10-8-22-16(2)7-6-12(20)19(10)16/h3-5,10H,6-8H2,1-2H3,(H,17,18,21)/t10-,16-/m0/s1. The van der Waals surface area contributed by atoms with Gasteiger partial charge in [-0.05, 0) is 31.9 Å². The molecule has 2 aromatic rings. The lowest BCUT2D eigenvalue weighted by Crippen LogP contribution is -2.48. The number of hydrogen-bond donors (Lipinski definition) is 1. The largest absolute Gasteiger partial charge is 0.315 e. The van der Waals surface area contributed by atoms with Crippen molar-refractivity contribution in [2.75, 3.05) is 11.1 Å². The van der Waals surface area contributed by atoms with E-state index < -0.39 is 6.04 Å². The average molecular weight is 347 g/mol. The molecule has 0 radical (unpaired) electrons. The van der Waals surface area contributed by atoms with Gasteiger partial charge < -0.3 is 10.2 Å². The summed E-state index contributed by atoms with van der Waals surface area (Å²) in [5.74, 6) is 0.601. The molecule has 0 bridgehead atoms. The summed E-state index contributed by atoms with van der Waals surface area (Å²) in [5, 5.41) is 3.51. The van der Waals surface area contributed by atoms with Crippen LogP contribution in [0.4, 0.5) is 5.13 Å². The molecule has 0 spiro atoms. The Kier molecular flexibility index (Phi) is 3.39. The first-order valence-electron chi connectivity index (χ1n) is 7.61. The number of nitrogens with zero attached hydrogens (tertiary/aromatic N) is 2. The zero-order chi connectivity index (χ0) is 16.2. The molecule has 2 aliphatic rings. The Hall–Kier alpha value is -1.60. The van der Waals surface area contributed by atoms with E-state index >= 15 is 0 Å². The second-order valence-electron chi connectivity index (χ2n) is 6.20. The highest BCUT2D eigenvalue weighted by Gasteiger charge is 2.52. The first-order valence-corrected chi connectivity index (χ1v) is 9.41. The monoisotopic (exact) mass is 347 g/mol. The molecule has 0 aliphatic carbocycles. The van der Waals surface area contributed by atoms with E-state index in [2.05, 4.69) is 17.2 Å². The van der Waals surface area contributed by atoms with E-state index in [1.165, 1.54) is 11.3 Å². The van der Waals surface area contributed by atoms with Crippen LogP contribution < -0.4 is 5.32 Å². The second-order valence-corrected chi connectivity index (χ2v) is 8.73. The van der Waals surface area contributed by atoms with Gasteiger partial charge in [0.25, 0.3) is 0 Å². The molecule has 1 aromatic heterocycles. The molecule has 2 aliphatic heterocycles. The van der Waals surface area contributed by atoms with Gasteiger partial charge in [-0.3, -0.25) is 9.59 Å². The number of benzene rings is 1. The van der Waals surface area contributed by atoms with Gasteiger partial charge in [-0.2, -0.15) is 0 Å². The minimum Gasteiger partial charge on any atom is -0.315 e. The molecule has 3 heterocycles. The van der Waals surface area contributed by atoms with Crippen LogP contribution in [0.25, 0.3) is 10.2 Å². The van der Waals surface area contributed by atoms with E-state index in [4.69, 9.17) is 0 Å². The van der Waals surface area contributed by atoms with Gasteiger partial charge in [0.1, 0.15) is 6.04 Å². The lowest BCUT2D eigenvalue weighted by atomic mass is 10.2. The Labute approximate surface area is 142 Å². The number of para-hydroxylation sites is 1. The van der Waals surface area contributed by atoms with Gasteiger partial charge in [0.2, 0.25) is 11.8 Å². The number of carbonyl (C=O) groups is 2. The highest BCUT2D eigenvalue weighted by atomic mass is 32.2. The number of thiazole rings is 1. The van der Waals surface area contributed by atoms with Crippen LogP contribution in [0, 0.1) is 6.92 Å². The molecular weight excluding hydrogens is 330 g/mol. The van der Waals surface area contributed by atoms with Gasteiger partial charge in [-0.1, -0.05) is 23.5 Å². The van der Waals surface area contributed by atoms with Gasteiger partial charge in [0.05, 0.1) is 15.1 Å². The zero-order valence-electron chi connectivity index (χ0n) is 13.0. The van der Waals surface area contributed by atoms with Crippen molar-refractivity contribution in [3.05, 3.63) is 23.8 Å². The predicted octanol–water partition coefficient (Wildman–Crippen LogP) is 3.00. The fourth-order valence-corrected chi connectivity index (χ4v) is 5.72. The molecule has 7 heteroatoms. The molecule has 0 unspecified atom stereocenters. The third kappa shape index (κ3) is 2.33. The Morgan fingerprint density at radius 3 is 3.09 bits per heavy atom. The number of hydrogen-bond acceptors (Lipinski definition) is 5. The number of fused-ring (bicyclic) bond motifs is 2. The first kappa shape index (κ1) is 15.0. The van der Waals surface area contributed by atoms with Crippen LogP contribution in [0.15, 0.2) is 18.2 Å². The topological polar surface area (TPSA) is 62.3 Å². The molecule has 1 N–H and O–H groups in total.